The second-order valence-corrected chi connectivity index (χ2v) is 14.3. The SMILES string of the molecule is c1ccc(P(c2ccccc2)c2cccc3c2C(P(c2ccccc2)c2ccccc2)c2ccccc2O3)cc1. The topological polar surface area (TPSA) is 9.23 Å². The number of rotatable bonds is 6. The number of fused-ring (bicyclic) bond motifs is 2. The van der Waals surface area contributed by atoms with Crippen molar-refractivity contribution in [2.45, 2.75) is 5.66 Å². The quantitative estimate of drug-likeness (QED) is 0.193. The predicted molar refractivity (Wildman–Crippen MR) is 173 cm³/mol. The van der Waals surface area contributed by atoms with Crippen molar-refractivity contribution in [3.63, 3.8) is 0 Å². The summed E-state index contributed by atoms with van der Waals surface area (Å²) >= 11 is 0. The molecule has 1 heterocycles. The Labute approximate surface area is 238 Å². The standard InChI is InChI=1S/C37H28OP2/c1-5-16-28(17-6-1)39(29-18-7-2-8-19-29)35-27-15-26-34-36(35)37(32-24-13-14-25-33(32)38-34)40(30-20-9-3-10-21-30)31-22-11-4-12-23-31/h1-27,37H. The highest BCUT2D eigenvalue weighted by molar-refractivity contribution is 7.80. The maximum atomic E-state index is 6.71. The second kappa shape index (κ2) is 11.2. The van der Waals surface area contributed by atoms with Crippen LogP contribution in [-0.4, -0.2) is 0 Å². The van der Waals surface area contributed by atoms with Crippen molar-refractivity contribution in [3.8, 4) is 11.5 Å². The van der Waals surface area contributed by atoms with E-state index < -0.39 is 15.8 Å². The molecule has 0 N–H and O–H groups in total. The lowest BCUT2D eigenvalue weighted by molar-refractivity contribution is 0.459. The van der Waals surface area contributed by atoms with Crippen LogP contribution in [0.25, 0.3) is 0 Å². The summed E-state index contributed by atoms with van der Waals surface area (Å²) in [5.74, 6) is 1.93. The third kappa shape index (κ3) is 4.67. The highest BCUT2D eigenvalue weighted by Crippen LogP contribution is 2.60. The number of benzene rings is 6. The Morgan fingerprint density at radius 1 is 0.400 bits per heavy atom. The highest BCUT2D eigenvalue weighted by atomic mass is 31.1. The molecule has 0 fully saturated rings. The summed E-state index contributed by atoms with van der Waals surface area (Å²) in [4.78, 5) is 0. The fourth-order valence-corrected chi connectivity index (χ4v) is 11.1. The Bertz CT molecular complexity index is 1640. The van der Waals surface area contributed by atoms with Crippen molar-refractivity contribution in [2.24, 2.45) is 0 Å². The molecule has 0 spiro atoms. The van der Waals surface area contributed by atoms with Gasteiger partial charge < -0.3 is 4.74 Å². The zero-order valence-corrected chi connectivity index (χ0v) is 23.8. The minimum absolute atomic E-state index is 0.147. The van der Waals surface area contributed by atoms with E-state index in [9.17, 15) is 0 Å². The van der Waals surface area contributed by atoms with Crippen LogP contribution in [-0.2, 0) is 0 Å². The van der Waals surface area contributed by atoms with Gasteiger partial charge in [-0.1, -0.05) is 152 Å². The van der Waals surface area contributed by atoms with E-state index in [1.807, 2.05) is 0 Å². The summed E-state index contributed by atoms with van der Waals surface area (Å²) in [6.07, 6.45) is 0. The molecule has 0 aliphatic carbocycles. The molecule has 6 aromatic rings. The predicted octanol–water partition coefficient (Wildman–Crippen LogP) is 7.77. The van der Waals surface area contributed by atoms with Gasteiger partial charge in [0.25, 0.3) is 0 Å². The Morgan fingerprint density at radius 2 is 0.850 bits per heavy atom. The second-order valence-electron chi connectivity index (χ2n) is 9.78. The lowest BCUT2D eigenvalue weighted by atomic mass is 9.99. The lowest BCUT2D eigenvalue weighted by Gasteiger charge is -2.37. The third-order valence-corrected chi connectivity index (χ3v) is 12.6. The smallest absolute Gasteiger partial charge is 0.132 e. The molecule has 1 aliphatic heterocycles. The van der Waals surface area contributed by atoms with E-state index in [1.54, 1.807) is 0 Å². The van der Waals surface area contributed by atoms with Crippen molar-refractivity contribution < 1.29 is 4.74 Å². The third-order valence-electron chi connectivity index (χ3n) is 7.35. The Hall–Kier alpha value is -4.02. The molecule has 0 bridgehead atoms. The first-order valence-corrected chi connectivity index (χ1v) is 16.3. The minimum atomic E-state index is -0.809. The molecule has 1 unspecified atom stereocenters. The van der Waals surface area contributed by atoms with Crippen LogP contribution in [0.1, 0.15) is 16.8 Å². The monoisotopic (exact) mass is 550 g/mol. The summed E-state index contributed by atoms with van der Waals surface area (Å²) in [6, 6.07) is 59.4. The summed E-state index contributed by atoms with van der Waals surface area (Å²) in [5, 5.41) is 6.80. The van der Waals surface area contributed by atoms with Crippen molar-refractivity contribution >= 4 is 42.4 Å². The first-order valence-electron chi connectivity index (χ1n) is 13.6. The molecule has 0 aromatic heterocycles. The number of hydrogen-bond acceptors (Lipinski definition) is 1. The molecule has 1 atom stereocenters. The molecule has 0 saturated carbocycles. The molecule has 1 aliphatic rings. The number of ether oxygens (including phenoxy) is 1. The molecule has 0 radical (unpaired) electrons. The van der Waals surface area contributed by atoms with Crippen LogP contribution in [0.15, 0.2) is 164 Å². The molecule has 6 aromatic carbocycles. The summed E-state index contributed by atoms with van der Waals surface area (Å²) in [6.45, 7) is 0. The van der Waals surface area contributed by atoms with Gasteiger partial charge in [-0.15, -0.1) is 0 Å². The molecule has 1 nitrogen and oxygen atoms in total. The van der Waals surface area contributed by atoms with Crippen LogP contribution >= 0.6 is 15.8 Å². The molecule has 7 rings (SSSR count). The molecule has 0 amide bonds. The van der Waals surface area contributed by atoms with E-state index in [0.717, 1.165) is 11.5 Å². The molecule has 3 heteroatoms. The normalized spacial score (nSPS) is 13.9. The van der Waals surface area contributed by atoms with E-state index in [-0.39, 0.29) is 5.66 Å². The average Bonchev–Trinajstić information content (AvgIpc) is 3.03. The maximum absolute atomic E-state index is 6.71. The van der Waals surface area contributed by atoms with Gasteiger partial charge in [0.05, 0.1) is 0 Å². The lowest BCUT2D eigenvalue weighted by Crippen LogP contribution is -2.29. The van der Waals surface area contributed by atoms with Gasteiger partial charge in [-0.25, -0.2) is 0 Å². The van der Waals surface area contributed by atoms with Gasteiger partial charge in [0.15, 0.2) is 0 Å². The molecular formula is C37H28OP2. The fraction of sp³-hybridized carbons (Fsp3) is 0.0270. The summed E-state index contributed by atoms with van der Waals surface area (Å²) in [5.41, 5.74) is 2.73. The van der Waals surface area contributed by atoms with Crippen molar-refractivity contribution in [1.82, 2.24) is 0 Å². The van der Waals surface area contributed by atoms with Gasteiger partial charge in [0, 0.05) is 16.8 Å². The summed E-state index contributed by atoms with van der Waals surface area (Å²) in [7, 11) is -1.60. The number of para-hydroxylation sites is 1. The maximum Gasteiger partial charge on any atom is 0.132 e. The van der Waals surface area contributed by atoms with E-state index in [4.69, 9.17) is 4.74 Å². The fourth-order valence-electron chi connectivity index (χ4n) is 5.64. The first-order chi connectivity index (χ1) is 19.9. The highest BCUT2D eigenvalue weighted by Gasteiger charge is 2.38. The molecule has 40 heavy (non-hydrogen) atoms. The van der Waals surface area contributed by atoms with E-state index >= 15 is 0 Å². The number of hydrogen-bond donors (Lipinski definition) is 0. The first kappa shape index (κ1) is 25.0. The van der Waals surface area contributed by atoms with E-state index in [1.165, 1.54) is 37.6 Å². The largest absolute Gasteiger partial charge is 0.457 e. The van der Waals surface area contributed by atoms with Crippen LogP contribution in [0.3, 0.4) is 0 Å². The molecule has 0 saturated heterocycles. The zero-order chi connectivity index (χ0) is 26.7. The Morgan fingerprint density at radius 3 is 1.40 bits per heavy atom. The van der Waals surface area contributed by atoms with Crippen LogP contribution < -0.4 is 31.3 Å². The van der Waals surface area contributed by atoms with Crippen LogP contribution in [0, 0.1) is 0 Å². The van der Waals surface area contributed by atoms with E-state index in [2.05, 4.69) is 164 Å². The van der Waals surface area contributed by atoms with Gasteiger partial charge in [-0.05, 0) is 54.5 Å². The van der Waals surface area contributed by atoms with Crippen LogP contribution in [0.2, 0.25) is 0 Å². The molecular weight excluding hydrogens is 522 g/mol. The van der Waals surface area contributed by atoms with Crippen molar-refractivity contribution in [3.05, 3.63) is 175 Å². The minimum Gasteiger partial charge on any atom is -0.457 e. The molecule has 192 valence electrons. The van der Waals surface area contributed by atoms with Gasteiger partial charge in [-0.3, -0.25) is 0 Å². The average molecular weight is 551 g/mol. The Kier molecular flexibility index (Phi) is 7.01. The Balaban J connectivity index is 1.53. The zero-order valence-electron chi connectivity index (χ0n) is 22.0. The van der Waals surface area contributed by atoms with Crippen LogP contribution in [0.4, 0.5) is 0 Å². The van der Waals surface area contributed by atoms with E-state index in [0.29, 0.717) is 0 Å². The van der Waals surface area contributed by atoms with Gasteiger partial charge in [0.1, 0.15) is 11.5 Å². The van der Waals surface area contributed by atoms with Gasteiger partial charge in [-0.2, -0.15) is 0 Å². The van der Waals surface area contributed by atoms with Crippen LogP contribution in [0.5, 0.6) is 11.5 Å². The van der Waals surface area contributed by atoms with Gasteiger partial charge in [0.2, 0.25) is 0 Å². The van der Waals surface area contributed by atoms with Gasteiger partial charge >= 0.3 is 0 Å². The van der Waals surface area contributed by atoms with Crippen molar-refractivity contribution in [1.29, 1.82) is 0 Å². The van der Waals surface area contributed by atoms with Crippen molar-refractivity contribution in [2.75, 3.05) is 0 Å². The summed E-state index contributed by atoms with van der Waals surface area (Å²) < 4.78 is 6.71.